The van der Waals surface area contributed by atoms with E-state index in [9.17, 15) is 18.0 Å². The monoisotopic (exact) mass is 517 g/mol. The topological polar surface area (TPSA) is 92.0 Å². The summed E-state index contributed by atoms with van der Waals surface area (Å²) < 4.78 is 44.8. The van der Waals surface area contributed by atoms with E-state index >= 15 is 0 Å². The van der Waals surface area contributed by atoms with Crippen LogP contribution in [0.25, 0.3) is 0 Å². The molecule has 0 aromatic heterocycles. The number of benzene rings is 2. The van der Waals surface area contributed by atoms with Gasteiger partial charge >= 0.3 is 6.18 Å². The van der Waals surface area contributed by atoms with Crippen LogP contribution < -0.4 is 21.1 Å². The molecule has 0 atom stereocenters. The van der Waals surface area contributed by atoms with Gasteiger partial charge in [0.25, 0.3) is 5.91 Å². The molecule has 7 nitrogen and oxygen atoms in total. The molecule has 1 amide bonds. The number of halogens is 3. The number of alkyl halides is 3. The lowest BCUT2D eigenvalue weighted by Gasteiger charge is -2.32. The highest BCUT2D eigenvalue weighted by atomic mass is 19.4. The van der Waals surface area contributed by atoms with Crippen LogP contribution in [0.1, 0.15) is 29.9 Å². The van der Waals surface area contributed by atoms with Gasteiger partial charge in [0.15, 0.2) is 0 Å². The van der Waals surface area contributed by atoms with Crippen molar-refractivity contribution in [1.29, 1.82) is 0 Å². The van der Waals surface area contributed by atoms with Gasteiger partial charge in [-0.15, -0.1) is 0 Å². The Bertz CT molecular complexity index is 1110. The first-order chi connectivity index (χ1) is 17.7. The number of allylic oxidation sites excluding steroid dienone is 1. The Balaban J connectivity index is 1.80. The Kier molecular flexibility index (Phi) is 10.1. The quantitative estimate of drug-likeness (QED) is 0.416. The lowest BCUT2D eigenvalue weighted by atomic mass is 9.89. The zero-order valence-electron chi connectivity index (χ0n) is 21.1. The number of amides is 1. The number of nitrogens with zero attached hydrogens (tertiary/aromatic N) is 2. The van der Waals surface area contributed by atoms with Gasteiger partial charge in [0.1, 0.15) is 17.2 Å². The van der Waals surface area contributed by atoms with E-state index in [0.717, 1.165) is 44.6 Å². The van der Waals surface area contributed by atoms with E-state index in [1.54, 1.807) is 30.3 Å². The van der Waals surface area contributed by atoms with Crippen molar-refractivity contribution < 1.29 is 22.7 Å². The Morgan fingerprint density at radius 1 is 1.19 bits per heavy atom. The molecule has 0 radical (unpaired) electrons. The number of carbonyl (C=O) groups excluding carboxylic acids is 1. The van der Waals surface area contributed by atoms with Crippen molar-refractivity contribution >= 4 is 17.3 Å². The summed E-state index contributed by atoms with van der Waals surface area (Å²) in [6, 6.07) is 14.3. The summed E-state index contributed by atoms with van der Waals surface area (Å²) in [4.78, 5) is 19.6. The number of piperidine rings is 1. The molecule has 4 N–H and O–H groups in total. The van der Waals surface area contributed by atoms with Crippen molar-refractivity contribution in [2.24, 2.45) is 10.7 Å². The zero-order valence-corrected chi connectivity index (χ0v) is 21.1. The fourth-order valence-corrected chi connectivity index (χ4v) is 4.24. The Morgan fingerprint density at radius 2 is 1.92 bits per heavy atom. The summed E-state index contributed by atoms with van der Waals surface area (Å²) in [6.45, 7) is 3.93. The molecule has 2 aromatic carbocycles. The largest absolute Gasteiger partial charge is 0.496 e. The van der Waals surface area contributed by atoms with Crippen LogP contribution in [0.15, 0.2) is 65.3 Å². The van der Waals surface area contributed by atoms with Crippen LogP contribution >= 0.6 is 0 Å². The lowest BCUT2D eigenvalue weighted by Crippen LogP contribution is -2.37. The standard InChI is InChI=1S/C27H34F3N5O2/c1-32-12-15-35-13-10-19(11-14-35)20-7-5-8-22(16-20)34-23(17-25(31)27(28,29)30)26(36)33-18-21-6-3-4-9-24(21)37-2/h3-9,16-17,19,32H,10-15,18,31H2,1-2H3,(H,33,36)/b25-17-,34-23?. The second kappa shape index (κ2) is 13.3. The Morgan fingerprint density at radius 3 is 2.59 bits per heavy atom. The molecule has 37 heavy (non-hydrogen) atoms. The molecule has 0 saturated carbocycles. The number of carbonyl (C=O) groups is 1. The van der Waals surface area contributed by atoms with E-state index in [1.165, 1.54) is 7.11 Å². The van der Waals surface area contributed by atoms with Crippen molar-refractivity contribution in [2.45, 2.75) is 31.5 Å². The minimum absolute atomic E-state index is 0.0494. The van der Waals surface area contributed by atoms with Gasteiger partial charge in [-0.2, -0.15) is 13.2 Å². The molecule has 0 aliphatic carbocycles. The molecule has 200 valence electrons. The second-order valence-corrected chi connectivity index (χ2v) is 8.90. The normalized spacial score (nSPS) is 16.0. The highest BCUT2D eigenvalue weighted by Crippen LogP contribution is 2.30. The molecule has 1 fully saturated rings. The van der Waals surface area contributed by atoms with Crippen LogP contribution in [0.4, 0.5) is 18.9 Å². The summed E-state index contributed by atoms with van der Waals surface area (Å²) >= 11 is 0. The first-order valence-corrected chi connectivity index (χ1v) is 12.2. The number of hydrogen-bond donors (Lipinski definition) is 3. The minimum atomic E-state index is -4.78. The number of nitrogens with one attached hydrogen (secondary N) is 2. The molecule has 2 aromatic rings. The van der Waals surface area contributed by atoms with Gasteiger partial charge in [-0.05, 0) is 68.7 Å². The summed E-state index contributed by atoms with van der Waals surface area (Å²) in [7, 11) is 3.43. The summed E-state index contributed by atoms with van der Waals surface area (Å²) in [5.74, 6) is 0.0947. The van der Waals surface area contributed by atoms with Crippen molar-refractivity contribution in [3.63, 3.8) is 0 Å². The maximum atomic E-state index is 13.2. The number of likely N-dealkylation sites (tertiary alicyclic amines) is 1. The number of hydrogen-bond acceptors (Lipinski definition) is 6. The van der Waals surface area contributed by atoms with Crippen LogP contribution in [-0.2, 0) is 11.3 Å². The maximum Gasteiger partial charge on any atom is 0.430 e. The number of aliphatic imine (C=N–C) groups is 1. The summed E-state index contributed by atoms with van der Waals surface area (Å²) in [5.41, 5.74) is 5.53. The first-order valence-electron chi connectivity index (χ1n) is 12.2. The maximum absolute atomic E-state index is 13.2. The van der Waals surface area contributed by atoms with Crippen LogP contribution in [0.2, 0.25) is 0 Å². The van der Waals surface area contributed by atoms with E-state index in [2.05, 4.69) is 20.5 Å². The van der Waals surface area contributed by atoms with Crippen molar-refractivity contribution in [2.75, 3.05) is 40.3 Å². The first kappa shape index (κ1) is 28.2. The van der Waals surface area contributed by atoms with Gasteiger partial charge in [0, 0.05) is 25.2 Å². The molecular formula is C27H34F3N5O2. The van der Waals surface area contributed by atoms with Crippen LogP contribution in [-0.4, -0.2) is 63.0 Å². The molecule has 0 bridgehead atoms. The number of methoxy groups -OCH3 is 1. The van der Waals surface area contributed by atoms with Gasteiger partial charge in [-0.25, -0.2) is 4.99 Å². The van der Waals surface area contributed by atoms with Crippen LogP contribution in [0, 0.1) is 0 Å². The highest BCUT2D eigenvalue weighted by molar-refractivity contribution is 6.44. The number of nitrogens with two attached hydrogens (primary N) is 1. The highest BCUT2D eigenvalue weighted by Gasteiger charge is 2.32. The SMILES string of the molecule is CNCCN1CCC(c2cccc(N=C(/C=C(\N)C(F)(F)F)C(=O)NCc3ccccc3OC)c2)CC1. The predicted molar refractivity (Wildman–Crippen MR) is 139 cm³/mol. The number of ether oxygens (including phenoxy) is 1. The molecule has 1 aliphatic rings. The number of likely N-dealkylation sites (N-methyl/N-ethyl adjacent to an activating group) is 1. The van der Waals surface area contributed by atoms with Gasteiger partial charge in [0.2, 0.25) is 0 Å². The van der Waals surface area contributed by atoms with Gasteiger partial charge in [-0.1, -0.05) is 30.3 Å². The molecule has 3 rings (SSSR count). The smallest absolute Gasteiger partial charge is 0.430 e. The van der Waals surface area contributed by atoms with E-state index in [1.807, 2.05) is 25.2 Å². The summed E-state index contributed by atoms with van der Waals surface area (Å²) in [6.07, 6.45) is -2.26. The average Bonchev–Trinajstić information content (AvgIpc) is 2.90. The third kappa shape index (κ3) is 8.33. The Labute approximate surface area is 215 Å². The molecule has 0 unspecified atom stereocenters. The lowest BCUT2D eigenvalue weighted by molar-refractivity contribution is -0.114. The Hall–Kier alpha value is -3.37. The van der Waals surface area contributed by atoms with Crippen LogP contribution in [0.5, 0.6) is 5.75 Å². The fourth-order valence-electron chi connectivity index (χ4n) is 4.24. The molecule has 0 spiro atoms. The summed E-state index contributed by atoms with van der Waals surface area (Å²) in [5, 5.41) is 5.78. The predicted octanol–water partition coefficient (Wildman–Crippen LogP) is 3.89. The molecule has 10 heteroatoms. The van der Waals surface area contributed by atoms with E-state index in [4.69, 9.17) is 10.5 Å². The van der Waals surface area contributed by atoms with Crippen molar-refractivity contribution in [3.8, 4) is 5.75 Å². The average molecular weight is 518 g/mol. The molecular weight excluding hydrogens is 483 g/mol. The van der Waals surface area contributed by atoms with Gasteiger partial charge in [-0.3, -0.25) is 4.79 Å². The number of para-hydroxylation sites is 1. The third-order valence-corrected chi connectivity index (χ3v) is 6.34. The van der Waals surface area contributed by atoms with Crippen molar-refractivity contribution in [3.05, 3.63) is 71.4 Å². The molecule has 1 heterocycles. The zero-order chi connectivity index (χ0) is 26.8. The minimum Gasteiger partial charge on any atom is -0.496 e. The molecule has 1 saturated heterocycles. The van der Waals surface area contributed by atoms with Gasteiger partial charge in [0.05, 0.1) is 12.8 Å². The fraction of sp³-hybridized carbons (Fsp3) is 0.407. The van der Waals surface area contributed by atoms with E-state index < -0.39 is 23.5 Å². The number of rotatable bonds is 10. The van der Waals surface area contributed by atoms with E-state index in [-0.39, 0.29) is 6.54 Å². The van der Waals surface area contributed by atoms with Crippen molar-refractivity contribution in [1.82, 2.24) is 15.5 Å². The van der Waals surface area contributed by atoms with Gasteiger partial charge < -0.3 is 26.0 Å². The second-order valence-electron chi connectivity index (χ2n) is 8.90. The third-order valence-electron chi connectivity index (χ3n) is 6.34. The van der Waals surface area contributed by atoms with E-state index in [0.29, 0.717) is 29.0 Å². The van der Waals surface area contributed by atoms with Crippen LogP contribution in [0.3, 0.4) is 0 Å². The molecule has 1 aliphatic heterocycles.